The van der Waals surface area contributed by atoms with E-state index in [1.54, 1.807) is 24.3 Å². The minimum Gasteiger partial charge on any atom is -0.444 e. The van der Waals surface area contributed by atoms with Crippen molar-refractivity contribution in [1.29, 1.82) is 0 Å². The molecule has 0 heterocycles. The predicted octanol–water partition coefficient (Wildman–Crippen LogP) is 6.26. The Morgan fingerprint density at radius 3 is 1.48 bits per heavy atom. The van der Waals surface area contributed by atoms with Crippen molar-refractivity contribution >= 4 is 13.7 Å². The Bertz CT molecular complexity index is 659. The van der Waals surface area contributed by atoms with Gasteiger partial charge in [-0.15, -0.1) is 0 Å². The fraction of sp³-hybridized carbons (Fsp3) is 0.381. The van der Waals surface area contributed by atoms with Crippen LogP contribution in [-0.4, -0.2) is 15.7 Å². The summed E-state index contributed by atoms with van der Waals surface area (Å²) in [6, 6.07) is 14.2. The summed E-state index contributed by atoms with van der Waals surface area (Å²) < 4.78 is 10.7. The Morgan fingerprint density at radius 1 is 0.815 bits per heavy atom. The summed E-state index contributed by atoms with van der Waals surface area (Å²) in [5.74, 6) is 0.543. The van der Waals surface area contributed by atoms with Crippen LogP contribution in [0.25, 0.3) is 0 Å². The zero-order chi connectivity index (χ0) is 19.7. The van der Waals surface area contributed by atoms with Crippen LogP contribution in [-0.2, 0) is 12.8 Å². The van der Waals surface area contributed by atoms with E-state index >= 15 is 0 Å². The van der Waals surface area contributed by atoms with Crippen LogP contribution < -0.4 is 9.05 Å². The summed E-state index contributed by atoms with van der Waals surface area (Å²) >= 11 is 0. The lowest BCUT2D eigenvalue weighted by Crippen LogP contribution is -2.16. The van der Waals surface area contributed by atoms with E-state index < -0.39 is 13.7 Å². The van der Waals surface area contributed by atoms with Crippen molar-refractivity contribution in [2.75, 3.05) is 0 Å². The molecule has 27 heavy (non-hydrogen) atoms. The van der Waals surface area contributed by atoms with Crippen LogP contribution in [0.5, 0.6) is 11.5 Å². The Morgan fingerprint density at radius 2 is 1.19 bits per heavy atom. The molecule has 0 atom stereocenters. The van der Waals surface area contributed by atoms with Crippen LogP contribution in [0.1, 0.15) is 50.7 Å². The van der Waals surface area contributed by atoms with Gasteiger partial charge in [-0.3, -0.25) is 9.05 Å². The number of unbranched alkanes of at least 4 members (excludes halogenated alkanes) is 2. The number of aryl methyl sites for hydroxylation is 2. The highest BCUT2D eigenvalue weighted by molar-refractivity contribution is 7.77. The lowest BCUT2D eigenvalue weighted by atomic mass is 10.1. The minimum atomic E-state index is -4.14. The average molecular weight is 391 g/mol. The van der Waals surface area contributed by atoms with Gasteiger partial charge in [0.05, 0.1) is 0 Å². The molecule has 0 aromatic heterocycles. The number of carboxylic acid groups (broad SMARTS) is 1. The fourth-order valence-electron chi connectivity index (χ4n) is 2.58. The van der Waals surface area contributed by atoms with Crippen molar-refractivity contribution in [1.82, 2.24) is 0 Å². The van der Waals surface area contributed by atoms with Crippen molar-refractivity contribution < 1.29 is 23.8 Å². The first kappa shape index (κ1) is 21.2. The van der Waals surface area contributed by atoms with Gasteiger partial charge in [0.2, 0.25) is 0 Å². The summed E-state index contributed by atoms with van der Waals surface area (Å²) in [6.07, 6.45) is 6.29. The highest BCUT2D eigenvalue weighted by atomic mass is 31.2. The smallest absolute Gasteiger partial charge is 0.444 e. The molecule has 0 aliphatic heterocycles. The van der Waals surface area contributed by atoms with Crippen molar-refractivity contribution in [3.8, 4) is 11.5 Å². The topological polar surface area (TPSA) is 76.0 Å². The third kappa shape index (κ3) is 6.53. The van der Waals surface area contributed by atoms with Crippen LogP contribution in [0, 0.1) is 0 Å². The van der Waals surface area contributed by atoms with Gasteiger partial charge in [-0.1, -0.05) is 51.0 Å². The fourth-order valence-corrected chi connectivity index (χ4v) is 3.59. The predicted molar refractivity (Wildman–Crippen MR) is 109 cm³/mol. The lowest BCUT2D eigenvalue weighted by molar-refractivity contribution is 0.205. The first-order valence-electron chi connectivity index (χ1n) is 9.39. The minimum absolute atomic E-state index is 0.271. The third-order valence-electron chi connectivity index (χ3n) is 4.18. The van der Waals surface area contributed by atoms with Gasteiger partial charge < -0.3 is 5.11 Å². The van der Waals surface area contributed by atoms with Gasteiger partial charge in [-0.05, 0) is 61.1 Å². The van der Waals surface area contributed by atoms with E-state index in [-0.39, 0.29) is 11.5 Å². The Kier molecular flexibility index (Phi) is 8.08. The molecule has 0 fully saturated rings. The largest absolute Gasteiger partial charge is 0.618 e. The number of benzene rings is 2. The normalized spacial score (nSPS) is 11.2. The van der Waals surface area contributed by atoms with Crippen LogP contribution in [0.3, 0.4) is 0 Å². The zero-order valence-electron chi connectivity index (χ0n) is 15.9. The van der Waals surface area contributed by atoms with Gasteiger partial charge in [-0.2, -0.15) is 9.69 Å². The monoisotopic (exact) mass is 391 g/mol. The molecule has 0 bridgehead atoms. The van der Waals surface area contributed by atoms with Crippen LogP contribution in [0.4, 0.5) is 4.79 Å². The second-order valence-corrected chi connectivity index (χ2v) is 8.27. The molecule has 5 nitrogen and oxygen atoms in total. The molecule has 0 amide bonds. The second-order valence-electron chi connectivity index (χ2n) is 6.48. The summed E-state index contributed by atoms with van der Waals surface area (Å²) in [7, 11) is -4.14. The molecule has 2 N–H and O–H groups in total. The van der Waals surface area contributed by atoms with E-state index in [1.807, 2.05) is 24.3 Å². The highest BCUT2D eigenvalue weighted by Gasteiger charge is 2.56. The van der Waals surface area contributed by atoms with Gasteiger partial charge >= 0.3 is 13.7 Å². The van der Waals surface area contributed by atoms with E-state index in [0.29, 0.717) is 0 Å². The lowest BCUT2D eigenvalue weighted by Gasteiger charge is -2.13. The molecular weight excluding hydrogens is 363 g/mol. The average Bonchev–Trinajstić information content (AvgIpc) is 2.67. The third-order valence-corrected chi connectivity index (χ3v) is 5.58. The first-order valence-corrected chi connectivity index (χ1v) is 11.0. The van der Waals surface area contributed by atoms with Crippen molar-refractivity contribution in [2.24, 2.45) is 0 Å². The molecule has 6 heteroatoms. The van der Waals surface area contributed by atoms with E-state index in [0.717, 1.165) is 49.7 Å². The number of hydrogen-bond acceptors (Lipinski definition) is 4. The second kappa shape index (κ2) is 10.3. The van der Waals surface area contributed by atoms with E-state index in [1.165, 1.54) is 0 Å². The standard InChI is InChI=1S/C21H27O5P/c1-3-5-7-17-9-13-19(14-10-17)25-27(24,21(22)23)26-20-15-11-18(12-16-20)8-6-4-2/h9-16,24H,3-8H2,1-2H3/p+1. The van der Waals surface area contributed by atoms with Crippen molar-refractivity contribution in [2.45, 2.75) is 52.4 Å². The molecule has 2 rings (SSSR count). The summed E-state index contributed by atoms with van der Waals surface area (Å²) in [4.78, 5) is 22.1. The quantitative estimate of drug-likeness (QED) is 0.442. The molecule has 146 valence electrons. The Balaban J connectivity index is 2.06. The van der Waals surface area contributed by atoms with Gasteiger partial charge in [0.25, 0.3) is 0 Å². The molecule has 0 radical (unpaired) electrons. The van der Waals surface area contributed by atoms with Gasteiger partial charge in [-0.25, -0.2) is 0 Å². The molecule has 2 aromatic rings. The molecule has 0 unspecified atom stereocenters. The maximum atomic E-state index is 11.6. The number of carbonyl (C=O) groups is 1. The van der Waals surface area contributed by atoms with Gasteiger partial charge in [0, 0.05) is 0 Å². The molecule has 0 aliphatic rings. The van der Waals surface area contributed by atoms with Crippen LogP contribution in [0.15, 0.2) is 48.5 Å². The molecule has 2 aromatic carbocycles. The number of rotatable bonds is 11. The first-order chi connectivity index (χ1) is 13.0. The highest BCUT2D eigenvalue weighted by Crippen LogP contribution is 2.56. The summed E-state index contributed by atoms with van der Waals surface area (Å²) in [5, 5.41) is 9.45. The molecule has 0 aliphatic carbocycles. The van der Waals surface area contributed by atoms with Gasteiger partial charge in [0.1, 0.15) is 0 Å². The molecule has 0 spiro atoms. The molecule has 0 saturated carbocycles. The zero-order valence-corrected chi connectivity index (χ0v) is 16.8. The van der Waals surface area contributed by atoms with E-state index in [9.17, 15) is 14.8 Å². The van der Waals surface area contributed by atoms with Gasteiger partial charge in [0.15, 0.2) is 11.5 Å². The Hall–Kier alpha value is -2.10. The van der Waals surface area contributed by atoms with Crippen LogP contribution >= 0.6 is 7.94 Å². The van der Waals surface area contributed by atoms with Crippen molar-refractivity contribution in [3.63, 3.8) is 0 Å². The maximum absolute atomic E-state index is 11.6. The van der Waals surface area contributed by atoms with E-state index in [4.69, 9.17) is 9.05 Å². The molecule has 0 saturated heterocycles. The van der Waals surface area contributed by atoms with E-state index in [2.05, 4.69) is 13.8 Å². The SMILES string of the molecule is CCCCc1ccc(O[P+](O)(Oc2ccc(CCCC)cc2)C(=O)O)cc1. The van der Waals surface area contributed by atoms with Crippen molar-refractivity contribution in [3.05, 3.63) is 59.7 Å². The van der Waals surface area contributed by atoms with Crippen LogP contribution in [0.2, 0.25) is 0 Å². The number of hydrogen-bond donors (Lipinski definition) is 2. The summed E-state index contributed by atoms with van der Waals surface area (Å²) in [6.45, 7) is 4.26. The maximum Gasteiger partial charge on any atom is 0.618 e. The molecular formula is C21H28O5P+. The summed E-state index contributed by atoms with van der Waals surface area (Å²) in [5.41, 5.74) is 0.780. The Labute approximate surface area is 161 Å².